The number of imidazole rings is 2. The normalized spacial score (nSPS) is 11.9. The number of aryl methyl sites for hydroxylation is 3. The van der Waals surface area contributed by atoms with Gasteiger partial charge < -0.3 is 4.57 Å². The summed E-state index contributed by atoms with van der Waals surface area (Å²) in [7, 11) is 1.66. The van der Waals surface area contributed by atoms with Gasteiger partial charge in [0.15, 0.2) is 11.2 Å². The molecule has 7 heteroatoms. The van der Waals surface area contributed by atoms with Crippen molar-refractivity contribution >= 4 is 16.9 Å². The first-order valence-electron chi connectivity index (χ1n) is 7.61. The molecule has 0 bridgehead atoms. The fraction of sp³-hybridized carbons (Fsp3) is 0.533. The average molecular weight is 303 g/mol. The minimum Gasteiger partial charge on any atom is -0.314 e. The third kappa shape index (κ3) is 1.65. The van der Waals surface area contributed by atoms with Crippen LogP contribution in [0.5, 0.6) is 0 Å². The smallest absolute Gasteiger partial charge is 0.314 e. The van der Waals surface area contributed by atoms with Crippen molar-refractivity contribution in [3.8, 4) is 0 Å². The molecule has 0 aliphatic heterocycles. The molecule has 3 aromatic heterocycles. The van der Waals surface area contributed by atoms with Crippen molar-refractivity contribution in [3.05, 3.63) is 32.2 Å². The molecule has 0 aliphatic rings. The van der Waals surface area contributed by atoms with Crippen LogP contribution in [0, 0.1) is 13.8 Å². The van der Waals surface area contributed by atoms with E-state index in [1.807, 2.05) is 18.2 Å². The van der Waals surface area contributed by atoms with Crippen LogP contribution in [0.25, 0.3) is 16.9 Å². The first kappa shape index (κ1) is 14.6. The van der Waals surface area contributed by atoms with Crippen molar-refractivity contribution < 1.29 is 0 Å². The third-order valence-electron chi connectivity index (χ3n) is 4.39. The van der Waals surface area contributed by atoms with Gasteiger partial charge >= 0.3 is 5.69 Å². The maximum absolute atomic E-state index is 12.7. The maximum Gasteiger partial charge on any atom is 0.332 e. The lowest BCUT2D eigenvalue weighted by molar-refractivity contribution is 0.636. The summed E-state index contributed by atoms with van der Waals surface area (Å²) < 4.78 is 6.70. The van der Waals surface area contributed by atoms with Crippen LogP contribution in [0.15, 0.2) is 9.59 Å². The molecule has 7 nitrogen and oxygen atoms in total. The third-order valence-corrected chi connectivity index (χ3v) is 4.39. The minimum absolute atomic E-state index is 0.273. The molecule has 0 atom stereocenters. The Morgan fingerprint density at radius 2 is 1.73 bits per heavy atom. The van der Waals surface area contributed by atoms with Gasteiger partial charge in [0.25, 0.3) is 5.56 Å². The summed E-state index contributed by atoms with van der Waals surface area (Å²) in [6.07, 6.45) is 0.978. The van der Waals surface area contributed by atoms with Gasteiger partial charge in [-0.2, -0.15) is 4.98 Å². The van der Waals surface area contributed by atoms with Crippen molar-refractivity contribution in [3.63, 3.8) is 0 Å². The maximum atomic E-state index is 12.7. The number of aromatic nitrogens is 5. The van der Waals surface area contributed by atoms with Crippen molar-refractivity contribution in [2.45, 2.75) is 47.2 Å². The lowest BCUT2D eigenvalue weighted by atomic mass is 10.3. The Morgan fingerprint density at radius 1 is 1.05 bits per heavy atom. The highest BCUT2D eigenvalue weighted by atomic mass is 16.2. The monoisotopic (exact) mass is 303 g/mol. The van der Waals surface area contributed by atoms with Crippen LogP contribution in [0.2, 0.25) is 0 Å². The molecule has 0 fully saturated rings. The summed E-state index contributed by atoms with van der Waals surface area (Å²) in [5.74, 6) is 0.729. The first-order chi connectivity index (χ1) is 10.4. The van der Waals surface area contributed by atoms with Gasteiger partial charge in [-0.05, 0) is 27.2 Å². The summed E-state index contributed by atoms with van der Waals surface area (Å²) in [4.78, 5) is 29.6. The van der Waals surface area contributed by atoms with Gasteiger partial charge in [0.1, 0.15) is 0 Å². The minimum atomic E-state index is -0.322. The predicted molar refractivity (Wildman–Crippen MR) is 85.6 cm³/mol. The van der Waals surface area contributed by atoms with Gasteiger partial charge in [-0.25, -0.2) is 4.79 Å². The van der Waals surface area contributed by atoms with E-state index >= 15 is 0 Å². The molecule has 3 heterocycles. The van der Waals surface area contributed by atoms with Crippen LogP contribution in [-0.2, 0) is 20.1 Å². The average Bonchev–Trinajstić information content (AvgIpc) is 2.98. The molecule has 0 aromatic carbocycles. The largest absolute Gasteiger partial charge is 0.332 e. The Labute approximate surface area is 127 Å². The van der Waals surface area contributed by atoms with Crippen LogP contribution in [0.3, 0.4) is 0 Å². The van der Waals surface area contributed by atoms with Crippen LogP contribution in [-0.4, -0.2) is 23.1 Å². The summed E-state index contributed by atoms with van der Waals surface area (Å²) >= 11 is 0. The lowest BCUT2D eigenvalue weighted by Gasteiger charge is -2.06. The molecule has 22 heavy (non-hydrogen) atoms. The Hall–Kier alpha value is -2.31. The number of rotatable bonds is 3. The van der Waals surface area contributed by atoms with E-state index in [4.69, 9.17) is 0 Å². The molecule has 3 aromatic rings. The van der Waals surface area contributed by atoms with E-state index in [2.05, 4.69) is 16.5 Å². The van der Waals surface area contributed by atoms with Crippen LogP contribution in [0.4, 0.5) is 0 Å². The Bertz CT molecular complexity index is 999. The number of hydrogen-bond donors (Lipinski definition) is 0. The van der Waals surface area contributed by atoms with E-state index in [0.717, 1.165) is 30.1 Å². The molecule has 0 spiro atoms. The van der Waals surface area contributed by atoms with Crippen LogP contribution >= 0.6 is 0 Å². The molecular weight excluding hydrogens is 282 g/mol. The van der Waals surface area contributed by atoms with Gasteiger partial charge in [0.2, 0.25) is 5.78 Å². The number of hydrogen-bond acceptors (Lipinski definition) is 3. The molecule has 0 radical (unpaired) electrons. The van der Waals surface area contributed by atoms with Gasteiger partial charge in [-0.3, -0.25) is 18.3 Å². The van der Waals surface area contributed by atoms with E-state index < -0.39 is 0 Å². The highest BCUT2D eigenvalue weighted by Gasteiger charge is 2.21. The van der Waals surface area contributed by atoms with E-state index in [1.54, 1.807) is 14.0 Å². The SMILES string of the molecule is CCCn1c(C)c(C)n2c3c(=O)n(CC)c(=O)n(C)c3nc12. The van der Waals surface area contributed by atoms with Crippen LogP contribution in [0.1, 0.15) is 31.7 Å². The fourth-order valence-corrected chi connectivity index (χ4v) is 3.09. The topological polar surface area (TPSA) is 66.2 Å². The second-order valence-electron chi connectivity index (χ2n) is 5.63. The quantitative estimate of drug-likeness (QED) is 0.730. The summed E-state index contributed by atoms with van der Waals surface area (Å²) in [6.45, 7) is 9.11. The van der Waals surface area contributed by atoms with Crippen molar-refractivity contribution in [1.82, 2.24) is 23.1 Å². The second kappa shape index (κ2) is 4.86. The van der Waals surface area contributed by atoms with Gasteiger partial charge in [-0.1, -0.05) is 6.92 Å². The van der Waals surface area contributed by atoms with E-state index in [-0.39, 0.29) is 11.2 Å². The highest BCUT2D eigenvalue weighted by Crippen LogP contribution is 2.20. The zero-order valence-corrected chi connectivity index (χ0v) is 13.7. The standard InChI is InChI=1S/C15H21N5O2/c1-6-8-19-9(3)10(4)20-11-12(16-14(19)20)17(5)15(22)18(7-2)13(11)21/h6-8H2,1-5H3. The van der Waals surface area contributed by atoms with Crippen molar-refractivity contribution in [2.24, 2.45) is 7.05 Å². The molecule has 0 amide bonds. The first-order valence-corrected chi connectivity index (χ1v) is 7.61. The number of nitrogens with zero attached hydrogens (tertiary/aromatic N) is 5. The summed E-state index contributed by atoms with van der Waals surface area (Å²) in [5.41, 5.74) is 2.42. The van der Waals surface area contributed by atoms with Gasteiger partial charge in [0.05, 0.1) is 0 Å². The van der Waals surface area contributed by atoms with Gasteiger partial charge in [0, 0.05) is 31.5 Å². The second-order valence-corrected chi connectivity index (χ2v) is 5.63. The molecule has 0 saturated carbocycles. The van der Waals surface area contributed by atoms with Crippen molar-refractivity contribution in [2.75, 3.05) is 0 Å². The van der Waals surface area contributed by atoms with Crippen LogP contribution < -0.4 is 11.2 Å². The zero-order valence-electron chi connectivity index (χ0n) is 13.7. The molecule has 0 unspecified atom stereocenters. The highest BCUT2D eigenvalue weighted by molar-refractivity contribution is 5.76. The fourth-order valence-electron chi connectivity index (χ4n) is 3.09. The lowest BCUT2D eigenvalue weighted by Crippen LogP contribution is -2.38. The van der Waals surface area contributed by atoms with Gasteiger partial charge in [-0.15, -0.1) is 0 Å². The summed E-state index contributed by atoms with van der Waals surface area (Å²) in [5, 5.41) is 0. The Balaban J connectivity index is 2.62. The molecule has 0 N–H and O–H groups in total. The van der Waals surface area contributed by atoms with E-state index in [0.29, 0.717) is 17.7 Å². The molecule has 118 valence electrons. The van der Waals surface area contributed by atoms with Crippen molar-refractivity contribution in [1.29, 1.82) is 0 Å². The van der Waals surface area contributed by atoms with E-state index in [9.17, 15) is 9.59 Å². The Kier molecular flexibility index (Phi) is 3.23. The zero-order chi connectivity index (χ0) is 16.2. The molecule has 0 aliphatic carbocycles. The predicted octanol–water partition coefficient (Wildman–Crippen LogP) is 1.20. The molecular formula is C15H21N5O2. The molecule has 3 rings (SSSR count). The summed E-state index contributed by atoms with van der Waals surface area (Å²) in [6, 6.07) is 0. The number of fused-ring (bicyclic) bond motifs is 3. The Morgan fingerprint density at radius 3 is 2.32 bits per heavy atom. The molecule has 0 saturated heterocycles. The van der Waals surface area contributed by atoms with E-state index in [1.165, 1.54) is 9.13 Å².